The first kappa shape index (κ1) is 15.9. The van der Waals surface area contributed by atoms with Crippen LogP contribution in [-0.2, 0) is 16.0 Å². The number of Topliss-reactive ketones (excluding diaryl/α,β-unsaturated/α-hetero) is 2. The van der Waals surface area contributed by atoms with Gasteiger partial charge in [-0.15, -0.1) is 0 Å². The highest BCUT2D eigenvalue weighted by Gasteiger charge is 2.53. The summed E-state index contributed by atoms with van der Waals surface area (Å²) in [5.41, 5.74) is 1.55. The zero-order valence-electron chi connectivity index (χ0n) is 14.2. The van der Waals surface area contributed by atoms with Crippen LogP contribution in [0.3, 0.4) is 0 Å². The Morgan fingerprint density at radius 1 is 1.09 bits per heavy atom. The molecule has 0 aromatic heterocycles. The second-order valence-electron chi connectivity index (χ2n) is 6.81. The molecule has 2 heteroatoms. The number of ketones is 2. The average molecular weight is 308 g/mol. The third kappa shape index (κ3) is 2.32. The summed E-state index contributed by atoms with van der Waals surface area (Å²) in [5.74, 6) is 0.0521. The fourth-order valence-electron chi connectivity index (χ4n) is 4.36. The Labute approximate surface area is 137 Å². The summed E-state index contributed by atoms with van der Waals surface area (Å²) in [4.78, 5) is 25.1. The second kappa shape index (κ2) is 5.92. The first-order chi connectivity index (χ1) is 11.0. The SMILES string of the molecule is CCCCC1c2c(ccc3ccccc23)CC1(C(C)=O)C(C)=O. The Bertz CT molecular complexity index is 759. The Hall–Kier alpha value is -1.96. The predicted octanol–water partition coefficient (Wildman–Crippen LogP) is 4.83. The molecule has 1 aliphatic rings. The van der Waals surface area contributed by atoms with Crippen LogP contribution < -0.4 is 0 Å². The largest absolute Gasteiger partial charge is 0.299 e. The van der Waals surface area contributed by atoms with Crippen LogP contribution >= 0.6 is 0 Å². The quantitative estimate of drug-likeness (QED) is 0.741. The summed E-state index contributed by atoms with van der Waals surface area (Å²) in [6, 6.07) is 12.5. The highest BCUT2D eigenvalue weighted by atomic mass is 16.2. The molecule has 0 saturated heterocycles. The van der Waals surface area contributed by atoms with Crippen molar-refractivity contribution in [3.63, 3.8) is 0 Å². The molecule has 120 valence electrons. The predicted molar refractivity (Wildman–Crippen MR) is 93.7 cm³/mol. The van der Waals surface area contributed by atoms with Gasteiger partial charge in [-0.3, -0.25) is 9.59 Å². The van der Waals surface area contributed by atoms with Crippen LogP contribution in [0, 0.1) is 5.41 Å². The Morgan fingerprint density at radius 2 is 1.78 bits per heavy atom. The van der Waals surface area contributed by atoms with E-state index in [1.165, 1.54) is 21.9 Å². The van der Waals surface area contributed by atoms with Crippen LogP contribution in [0.1, 0.15) is 57.1 Å². The molecule has 0 fully saturated rings. The molecule has 3 rings (SSSR count). The van der Waals surface area contributed by atoms with Gasteiger partial charge < -0.3 is 0 Å². The molecule has 0 saturated carbocycles. The van der Waals surface area contributed by atoms with E-state index in [4.69, 9.17) is 0 Å². The number of hydrogen-bond acceptors (Lipinski definition) is 2. The van der Waals surface area contributed by atoms with E-state index >= 15 is 0 Å². The van der Waals surface area contributed by atoms with Gasteiger partial charge in [0.05, 0.1) is 5.41 Å². The minimum atomic E-state index is -0.859. The lowest BCUT2D eigenvalue weighted by molar-refractivity contribution is -0.139. The third-order valence-corrected chi connectivity index (χ3v) is 5.58. The molecule has 0 N–H and O–H groups in total. The number of carbonyl (C=O) groups is 2. The monoisotopic (exact) mass is 308 g/mol. The molecule has 0 aliphatic heterocycles. The maximum absolute atomic E-state index is 12.6. The summed E-state index contributed by atoms with van der Waals surface area (Å²) in [6.45, 7) is 5.34. The number of hydrogen-bond donors (Lipinski definition) is 0. The zero-order chi connectivity index (χ0) is 16.6. The molecular weight excluding hydrogens is 284 g/mol. The first-order valence-corrected chi connectivity index (χ1v) is 8.55. The summed E-state index contributed by atoms with van der Waals surface area (Å²) < 4.78 is 0. The molecule has 2 aromatic carbocycles. The fraction of sp³-hybridized carbons (Fsp3) is 0.429. The highest BCUT2D eigenvalue weighted by molar-refractivity contribution is 6.08. The van der Waals surface area contributed by atoms with Gasteiger partial charge in [-0.05, 0) is 48.6 Å². The fourth-order valence-corrected chi connectivity index (χ4v) is 4.36. The zero-order valence-corrected chi connectivity index (χ0v) is 14.2. The number of benzene rings is 2. The third-order valence-electron chi connectivity index (χ3n) is 5.58. The first-order valence-electron chi connectivity index (χ1n) is 8.55. The van der Waals surface area contributed by atoms with E-state index < -0.39 is 5.41 Å². The van der Waals surface area contributed by atoms with E-state index in [1.807, 2.05) is 12.1 Å². The van der Waals surface area contributed by atoms with Gasteiger partial charge in [-0.25, -0.2) is 0 Å². The van der Waals surface area contributed by atoms with Gasteiger partial charge in [0.1, 0.15) is 11.6 Å². The maximum atomic E-state index is 12.6. The molecule has 2 nitrogen and oxygen atoms in total. The Balaban J connectivity index is 2.25. The van der Waals surface area contributed by atoms with Gasteiger partial charge in [0, 0.05) is 5.92 Å². The number of fused-ring (bicyclic) bond motifs is 3. The number of rotatable bonds is 5. The van der Waals surface area contributed by atoms with E-state index in [1.54, 1.807) is 13.8 Å². The molecule has 0 bridgehead atoms. The van der Waals surface area contributed by atoms with Gasteiger partial charge in [0.25, 0.3) is 0 Å². The van der Waals surface area contributed by atoms with Crippen LogP contribution in [0.4, 0.5) is 0 Å². The standard InChI is InChI=1S/C21H24O2/c1-4-5-10-19-20-17(13-21(19,14(2)22)15(3)23)12-11-16-8-6-7-9-18(16)20/h6-9,11-12,19H,4-5,10,13H2,1-3H3. The van der Waals surface area contributed by atoms with E-state index in [0.717, 1.165) is 19.3 Å². The van der Waals surface area contributed by atoms with Crippen molar-refractivity contribution in [3.8, 4) is 0 Å². The highest BCUT2D eigenvalue weighted by Crippen LogP contribution is 2.53. The van der Waals surface area contributed by atoms with Crippen molar-refractivity contribution in [2.24, 2.45) is 5.41 Å². The van der Waals surface area contributed by atoms with E-state index in [0.29, 0.717) is 6.42 Å². The van der Waals surface area contributed by atoms with Crippen LogP contribution in [0.2, 0.25) is 0 Å². The molecule has 1 unspecified atom stereocenters. The normalized spacial score (nSPS) is 18.8. The number of unbranched alkanes of at least 4 members (excludes halogenated alkanes) is 1. The van der Waals surface area contributed by atoms with Crippen molar-refractivity contribution in [1.82, 2.24) is 0 Å². The van der Waals surface area contributed by atoms with Crippen LogP contribution in [0.15, 0.2) is 36.4 Å². The van der Waals surface area contributed by atoms with Crippen molar-refractivity contribution >= 4 is 22.3 Å². The molecular formula is C21H24O2. The lowest BCUT2D eigenvalue weighted by Crippen LogP contribution is -2.40. The minimum Gasteiger partial charge on any atom is -0.299 e. The Kier molecular flexibility index (Phi) is 4.09. The van der Waals surface area contributed by atoms with Gasteiger partial charge in [0.2, 0.25) is 0 Å². The molecule has 23 heavy (non-hydrogen) atoms. The number of carbonyl (C=O) groups excluding carboxylic acids is 2. The van der Waals surface area contributed by atoms with Crippen LogP contribution in [0.25, 0.3) is 10.8 Å². The summed E-state index contributed by atoms with van der Waals surface area (Å²) in [6.07, 6.45) is 3.57. The van der Waals surface area contributed by atoms with Crippen molar-refractivity contribution in [2.45, 2.75) is 52.4 Å². The van der Waals surface area contributed by atoms with Crippen molar-refractivity contribution in [3.05, 3.63) is 47.5 Å². The van der Waals surface area contributed by atoms with Gasteiger partial charge in [0.15, 0.2) is 0 Å². The molecule has 0 radical (unpaired) electrons. The molecule has 1 atom stereocenters. The molecule has 0 heterocycles. The van der Waals surface area contributed by atoms with Gasteiger partial charge in [-0.2, -0.15) is 0 Å². The summed E-state index contributed by atoms with van der Waals surface area (Å²) in [7, 11) is 0. The lowest BCUT2D eigenvalue weighted by atomic mass is 9.68. The minimum absolute atomic E-state index is 0.0125. The summed E-state index contributed by atoms with van der Waals surface area (Å²) in [5, 5.41) is 2.39. The van der Waals surface area contributed by atoms with E-state index in [-0.39, 0.29) is 17.5 Å². The molecule has 2 aromatic rings. The molecule has 0 amide bonds. The Morgan fingerprint density at radius 3 is 2.43 bits per heavy atom. The van der Waals surface area contributed by atoms with E-state index in [9.17, 15) is 9.59 Å². The van der Waals surface area contributed by atoms with Gasteiger partial charge >= 0.3 is 0 Å². The van der Waals surface area contributed by atoms with Crippen LogP contribution in [-0.4, -0.2) is 11.6 Å². The lowest BCUT2D eigenvalue weighted by Gasteiger charge is -2.31. The van der Waals surface area contributed by atoms with Crippen molar-refractivity contribution in [2.75, 3.05) is 0 Å². The summed E-state index contributed by atoms with van der Waals surface area (Å²) >= 11 is 0. The smallest absolute Gasteiger partial charge is 0.144 e. The molecule has 1 aliphatic carbocycles. The van der Waals surface area contributed by atoms with Crippen molar-refractivity contribution in [1.29, 1.82) is 0 Å². The maximum Gasteiger partial charge on any atom is 0.144 e. The van der Waals surface area contributed by atoms with Crippen molar-refractivity contribution < 1.29 is 9.59 Å². The van der Waals surface area contributed by atoms with Crippen LogP contribution in [0.5, 0.6) is 0 Å². The average Bonchev–Trinajstić information content (AvgIpc) is 2.89. The van der Waals surface area contributed by atoms with E-state index in [2.05, 4.69) is 31.2 Å². The van der Waals surface area contributed by atoms with Gasteiger partial charge in [-0.1, -0.05) is 56.2 Å². The second-order valence-corrected chi connectivity index (χ2v) is 6.81. The molecule has 0 spiro atoms. The topological polar surface area (TPSA) is 34.1 Å².